The number of methoxy groups -OCH3 is 1. The van der Waals surface area contributed by atoms with Crippen molar-refractivity contribution in [2.45, 2.75) is 19.1 Å². The molecule has 1 aromatic heterocycles. The van der Waals surface area contributed by atoms with Crippen LogP contribution in [0.4, 0.5) is 0 Å². The molecule has 1 aliphatic rings. The third-order valence-electron chi connectivity index (χ3n) is 3.98. The molecule has 3 N–H and O–H groups in total. The standard InChI is InChI=1S/C15H19N3O2S/c1-20-10-6-7-18(8-10)9-12-11-4-2-3-5-13(11)21-14(12)15(19)17-16/h2-5,10H,6-9,16H2,1H3,(H,17,19). The number of carbonyl (C=O) groups excluding carboxylic acids is 1. The predicted octanol–water partition coefficient (Wildman–Crippen LogP) is 1.73. The number of amides is 1. The molecule has 5 nitrogen and oxygen atoms in total. The van der Waals surface area contributed by atoms with Gasteiger partial charge >= 0.3 is 0 Å². The van der Waals surface area contributed by atoms with Crippen LogP contribution in [0.5, 0.6) is 0 Å². The highest BCUT2D eigenvalue weighted by Crippen LogP contribution is 2.33. The van der Waals surface area contributed by atoms with Crippen LogP contribution in [0.2, 0.25) is 0 Å². The SMILES string of the molecule is COC1CCN(Cc2c(C(=O)NN)sc3ccccc23)C1. The molecule has 3 rings (SSSR count). The van der Waals surface area contributed by atoms with Gasteiger partial charge in [0.2, 0.25) is 0 Å². The Labute approximate surface area is 127 Å². The summed E-state index contributed by atoms with van der Waals surface area (Å²) in [4.78, 5) is 15.1. The molecule has 0 radical (unpaired) electrons. The minimum absolute atomic E-state index is 0.214. The largest absolute Gasteiger partial charge is 0.380 e. The Kier molecular flexibility index (Phi) is 4.21. The number of hydrogen-bond donors (Lipinski definition) is 2. The van der Waals surface area contributed by atoms with Gasteiger partial charge in [-0.3, -0.25) is 15.1 Å². The van der Waals surface area contributed by atoms with Crippen LogP contribution in [0, 0.1) is 0 Å². The normalized spacial score (nSPS) is 19.2. The molecule has 1 aliphatic heterocycles. The molecule has 21 heavy (non-hydrogen) atoms. The first kappa shape index (κ1) is 14.5. The van der Waals surface area contributed by atoms with Gasteiger partial charge in [-0.25, -0.2) is 5.84 Å². The monoisotopic (exact) mass is 305 g/mol. The third kappa shape index (κ3) is 2.80. The minimum Gasteiger partial charge on any atom is -0.380 e. The summed E-state index contributed by atoms with van der Waals surface area (Å²) in [5.41, 5.74) is 3.32. The molecular weight excluding hydrogens is 286 g/mol. The fourth-order valence-electron chi connectivity index (χ4n) is 2.86. The van der Waals surface area contributed by atoms with Gasteiger partial charge in [-0.15, -0.1) is 11.3 Å². The van der Waals surface area contributed by atoms with E-state index in [1.54, 1.807) is 7.11 Å². The van der Waals surface area contributed by atoms with Crippen molar-refractivity contribution in [1.29, 1.82) is 0 Å². The molecule has 1 atom stereocenters. The number of thiophene rings is 1. The number of fused-ring (bicyclic) bond motifs is 1. The van der Waals surface area contributed by atoms with E-state index in [-0.39, 0.29) is 5.91 Å². The number of carbonyl (C=O) groups is 1. The van der Waals surface area contributed by atoms with Crippen molar-refractivity contribution < 1.29 is 9.53 Å². The number of likely N-dealkylation sites (tertiary alicyclic amines) is 1. The first-order chi connectivity index (χ1) is 10.2. The van der Waals surface area contributed by atoms with Crippen LogP contribution in [-0.2, 0) is 11.3 Å². The minimum atomic E-state index is -0.214. The Morgan fingerprint density at radius 2 is 2.33 bits per heavy atom. The van der Waals surface area contributed by atoms with Gasteiger partial charge in [-0.2, -0.15) is 0 Å². The van der Waals surface area contributed by atoms with E-state index >= 15 is 0 Å². The van der Waals surface area contributed by atoms with Gasteiger partial charge in [0.25, 0.3) is 5.91 Å². The summed E-state index contributed by atoms with van der Waals surface area (Å²) in [6.07, 6.45) is 1.33. The number of ether oxygens (including phenoxy) is 1. The fourth-order valence-corrected chi connectivity index (χ4v) is 3.98. The summed E-state index contributed by atoms with van der Waals surface area (Å²) < 4.78 is 6.53. The molecule has 0 bridgehead atoms. The lowest BCUT2D eigenvalue weighted by Gasteiger charge is -2.16. The molecule has 0 spiro atoms. The smallest absolute Gasteiger partial charge is 0.275 e. The van der Waals surface area contributed by atoms with Crippen molar-refractivity contribution >= 4 is 27.3 Å². The summed E-state index contributed by atoms with van der Waals surface area (Å²) in [5.74, 6) is 5.11. The van der Waals surface area contributed by atoms with E-state index in [0.29, 0.717) is 11.0 Å². The van der Waals surface area contributed by atoms with E-state index in [1.807, 2.05) is 18.2 Å². The zero-order valence-corrected chi connectivity index (χ0v) is 12.8. The molecule has 1 aromatic carbocycles. The van der Waals surface area contributed by atoms with E-state index in [4.69, 9.17) is 10.6 Å². The number of nitrogens with zero attached hydrogens (tertiary/aromatic N) is 1. The molecule has 1 saturated heterocycles. The number of rotatable bonds is 4. The molecule has 1 amide bonds. The van der Waals surface area contributed by atoms with Gasteiger partial charge in [0.05, 0.1) is 11.0 Å². The highest BCUT2D eigenvalue weighted by molar-refractivity contribution is 7.21. The molecule has 0 aliphatic carbocycles. The zero-order valence-electron chi connectivity index (χ0n) is 12.0. The summed E-state index contributed by atoms with van der Waals surface area (Å²) in [6.45, 7) is 2.66. The maximum absolute atomic E-state index is 12.0. The number of hydrazine groups is 1. The van der Waals surface area contributed by atoms with Crippen LogP contribution < -0.4 is 11.3 Å². The van der Waals surface area contributed by atoms with Crippen LogP contribution >= 0.6 is 11.3 Å². The Hall–Kier alpha value is -1.47. The highest BCUT2D eigenvalue weighted by atomic mass is 32.1. The van der Waals surface area contributed by atoms with Crippen LogP contribution in [0.3, 0.4) is 0 Å². The van der Waals surface area contributed by atoms with E-state index < -0.39 is 0 Å². The average molecular weight is 305 g/mol. The van der Waals surface area contributed by atoms with Gasteiger partial charge in [0.1, 0.15) is 0 Å². The molecule has 2 heterocycles. The second kappa shape index (κ2) is 6.11. The molecule has 6 heteroatoms. The number of nitrogen functional groups attached to an aromatic ring is 1. The van der Waals surface area contributed by atoms with Crippen molar-refractivity contribution in [3.63, 3.8) is 0 Å². The van der Waals surface area contributed by atoms with Crippen LogP contribution in [0.15, 0.2) is 24.3 Å². The highest BCUT2D eigenvalue weighted by Gasteiger charge is 2.25. The van der Waals surface area contributed by atoms with E-state index in [2.05, 4.69) is 16.4 Å². The van der Waals surface area contributed by atoms with Crippen molar-refractivity contribution in [3.05, 3.63) is 34.7 Å². The van der Waals surface area contributed by atoms with Crippen molar-refractivity contribution in [1.82, 2.24) is 10.3 Å². The van der Waals surface area contributed by atoms with E-state index in [1.165, 1.54) is 11.3 Å². The lowest BCUT2D eigenvalue weighted by Crippen LogP contribution is -2.31. The Balaban J connectivity index is 1.94. The number of nitrogens with one attached hydrogen (secondary N) is 1. The Morgan fingerprint density at radius 1 is 1.52 bits per heavy atom. The lowest BCUT2D eigenvalue weighted by atomic mass is 10.1. The molecule has 112 valence electrons. The molecular formula is C15H19N3O2S. The van der Waals surface area contributed by atoms with Crippen LogP contribution in [-0.4, -0.2) is 37.1 Å². The predicted molar refractivity (Wildman–Crippen MR) is 84.2 cm³/mol. The third-order valence-corrected chi connectivity index (χ3v) is 5.19. The van der Waals surface area contributed by atoms with E-state index in [9.17, 15) is 4.79 Å². The second-order valence-electron chi connectivity index (χ2n) is 5.26. The summed E-state index contributed by atoms with van der Waals surface area (Å²) >= 11 is 1.50. The number of benzene rings is 1. The van der Waals surface area contributed by atoms with Crippen molar-refractivity contribution in [3.8, 4) is 0 Å². The van der Waals surface area contributed by atoms with Crippen molar-refractivity contribution in [2.24, 2.45) is 5.84 Å². The van der Waals surface area contributed by atoms with Gasteiger partial charge in [-0.1, -0.05) is 18.2 Å². The Bertz CT molecular complexity index is 655. The molecule has 1 fully saturated rings. The molecule has 1 unspecified atom stereocenters. The van der Waals surface area contributed by atoms with Gasteiger partial charge in [0, 0.05) is 31.4 Å². The Morgan fingerprint density at radius 3 is 3.05 bits per heavy atom. The molecule has 2 aromatic rings. The zero-order chi connectivity index (χ0) is 14.8. The van der Waals surface area contributed by atoms with E-state index in [0.717, 1.165) is 41.7 Å². The topological polar surface area (TPSA) is 67.6 Å². The molecule has 0 saturated carbocycles. The lowest BCUT2D eigenvalue weighted by molar-refractivity contribution is 0.0955. The first-order valence-corrected chi connectivity index (χ1v) is 7.81. The summed E-state index contributed by atoms with van der Waals surface area (Å²) in [5, 5.41) is 1.14. The quantitative estimate of drug-likeness (QED) is 0.513. The van der Waals surface area contributed by atoms with Gasteiger partial charge in [-0.05, 0) is 23.4 Å². The first-order valence-electron chi connectivity index (χ1n) is 6.99. The fraction of sp³-hybridized carbons (Fsp3) is 0.400. The number of nitrogens with two attached hydrogens (primary N) is 1. The number of hydrogen-bond acceptors (Lipinski definition) is 5. The maximum atomic E-state index is 12.0. The summed E-state index contributed by atoms with van der Waals surface area (Å²) in [7, 11) is 1.75. The van der Waals surface area contributed by atoms with Crippen LogP contribution in [0.25, 0.3) is 10.1 Å². The van der Waals surface area contributed by atoms with Crippen LogP contribution in [0.1, 0.15) is 21.7 Å². The van der Waals surface area contributed by atoms with Gasteiger partial charge < -0.3 is 4.74 Å². The van der Waals surface area contributed by atoms with Crippen molar-refractivity contribution in [2.75, 3.05) is 20.2 Å². The average Bonchev–Trinajstić information content (AvgIpc) is 3.12. The van der Waals surface area contributed by atoms with Gasteiger partial charge in [0.15, 0.2) is 0 Å². The maximum Gasteiger partial charge on any atom is 0.275 e. The summed E-state index contributed by atoms with van der Waals surface area (Å²) in [6, 6.07) is 8.10. The second-order valence-corrected chi connectivity index (χ2v) is 6.31.